The molecule has 0 bridgehead atoms. The first-order valence-corrected chi connectivity index (χ1v) is 6.64. The van der Waals surface area contributed by atoms with E-state index in [0.29, 0.717) is 5.88 Å². The van der Waals surface area contributed by atoms with Crippen molar-refractivity contribution in [2.75, 3.05) is 12.0 Å². The standard InChI is InChI=1S/C10H15ClS/c1-3-12(2)10-6-4-9(8-11)5-7-10/h4-7,12H,3,8H2,1-2H3. The Balaban J connectivity index is 2.77. The maximum Gasteiger partial charge on any atom is 0.0474 e. The summed E-state index contributed by atoms with van der Waals surface area (Å²) in [5.74, 6) is 1.88. The second-order valence-corrected chi connectivity index (χ2v) is 5.63. The molecule has 1 aromatic rings. The van der Waals surface area contributed by atoms with E-state index in [1.54, 1.807) is 0 Å². The molecule has 0 spiro atoms. The van der Waals surface area contributed by atoms with E-state index in [-0.39, 0.29) is 10.9 Å². The summed E-state index contributed by atoms with van der Waals surface area (Å²) in [6.07, 6.45) is 2.31. The molecular weight excluding hydrogens is 188 g/mol. The Hall–Kier alpha value is -0.140. The van der Waals surface area contributed by atoms with E-state index >= 15 is 0 Å². The molecule has 0 saturated carbocycles. The molecular formula is C10H15ClS. The molecule has 0 aromatic heterocycles. The fourth-order valence-corrected chi connectivity index (χ4v) is 2.22. The molecule has 0 fully saturated rings. The van der Waals surface area contributed by atoms with Crippen LogP contribution in [0.15, 0.2) is 29.2 Å². The second-order valence-electron chi connectivity index (χ2n) is 2.81. The molecule has 0 aliphatic carbocycles. The molecule has 1 rings (SSSR count). The van der Waals surface area contributed by atoms with Gasteiger partial charge in [0.2, 0.25) is 0 Å². The van der Waals surface area contributed by atoms with Gasteiger partial charge in [0.15, 0.2) is 0 Å². The van der Waals surface area contributed by atoms with E-state index in [2.05, 4.69) is 37.4 Å². The van der Waals surface area contributed by atoms with Crippen molar-refractivity contribution >= 4 is 22.5 Å². The Labute approximate surface area is 82.3 Å². The van der Waals surface area contributed by atoms with Crippen molar-refractivity contribution in [3.63, 3.8) is 0 Å². The minimum Gasteiger partial charge on any atom is -0.230 e. The van der Waals surface area contributed by atoms with E-state index in [4.69, 9.17) is 11.6 Å². The first-order chi connectivity index (χ1) is 5.77. The minimum atomic E-state index is 0.0661. The van der Waals surface area contributed by atoms with Gasteiger partial charge < -0.3 is 0 Å². The zero-order valence-electron chi connectivity index (χ0n) is 7.55. The van der Waals surface area contributed by atoms with Gasteiger partial charge in [-0.1, -0.05) is 31.2 Å². The lowest BCUT2D eigenvalue weighted by Gasteiger charge is -2.13. The van der Waals surface area contributed by atoms with Gasteiger partial charge in [0, 0.05) is 5.88 Å². The van der Waals surface area contributed by atoms with Crippen molar-refractivity contribution in [1.82, 2.24) is 0 Å². The summed E-state index contributed by atoms with van der Waals surface area (Å²) in [5, 5.41) is 0. The largest absolute Gasteiger partial charge is 0.230 e. The Morgan fingerprint density at radius 3 is 2.25 bits per heavy atom. The van der Waals surface area contributed by atoms with Crippen LogP contribution in [0.4, 0.5) is 0 Å². The first kappa shape index (κ1) is 9.94. The van der Waals surface area contributed by atoms with Crippen LogP contribution >= 0.6 is 22.5 Å². The third kappa shape index (κ3) is 2.43. The molecule has 0 nitrogen and oxygen atoms in total. The van der Waals surface area contributed by atoms with E-state index in [1.165, 1.54) is 16.2 Å². The summed E-state index contributed by atoms with van der Waals surface area (Å²) >= 11 is 5.70. The van der Waals surface area contributed by atoms with Crippen molar-refractivity contribution < 1.29 is 0 Å². The normalized spacial score (nSPS) is 14.4. The van der Waals surface area contributed by atoms with Crippen molar-refractivity contribution in [2.24, 2.45) is 0 Å². The molecule has 1 atom stereocenters. The smallest absolute Gasteiger partial charge is 0.0474 e. The molecule has 0 aliphatic heterocycles. The van der Waals surface area contributed by atoms with Gasteiger partial charge in [0.25, 0.3) is 0 Å². The lowest BCUT2D eigenvalue weighted by atomic mass is 10.2. The summed E-state index contributed by atoms with van der Waals surface area (Å²) in [5.41, 5.74) is 1.21. The number of thiol groups is 1. The van der Waals surface area contributed by atoms with Crippen LogP contribution in [0.5, 0.6) is 0 Å². The van der Waals surface area contributed by atoms with Crippen LogP contribution in [-0.2, 0) is 5.88 Å². The molecule has 2 heteroatoms. The van der Waals surface area contributed by atoms with Gasteiger partial charge in [-0.25, -0.2) is 10.9 Å². The van der Waals surface area contributed by atoms with Crippen LogP contribution in [0.1, 0.15) is 12.5 Å². The van der Waals surface area contributed by atoms with Crippen LogP contribution in [0, 0.1) is 0 Å². The summed E-state index contributed by atoms with van der Waals surface area (Å²) in [6, 6.07) is 8.65. The first-order valence-electron chi connectivity index (χ1n) is 4.14. The third-order valence-electron chi connectivity index (χ3n) is 2.01. The molecule has 68 valence electrons. The highest BCUT2D eigenvalue weighted by Crippen LogP contribution is 2.31. The van der Waals surface area contributed by atoms with Crippen molar-refractivity contribution in [2.45, 2.75) is 17.7 Å². The van der Waals surface area contributed by atoms with Gasteiger partial charge in [-0.3, -0.25) is 0 Å². The monoisotopic (exact) mass is 202 g/mol. The van der Waals surface area contributed by atoms with E-state index in [0.717, 1.165) is 0 Å². The average molecular weight is 203 g/mol. The lowest BCUT2D eigenvalue weighted by molar-refractivity contribution is 1.33. The maximum atomic E-state index is 5.70. The van der Waals surface area contributed by atoms with Gasteiger partial charge >= 0.3 is 0 Å². The highest BCUT2D eigenvalue weighted by atomic mass is 35.5. The Morgan fingerprint density at radius 2 is 1.83 bits per heavy atom. The van der Waals surface area contributed by atoms with Crippen LogP contribution < -0.4 is 0 Å². The highest BCUT2D eigenvalue weighted by molar-refractivity contribution is 8.16. The third-order valence-corrected chi connectivity index (χ3v) is 4.44. The van der Waals surface area contributed by atoms with E-state index in [1.807, 2.05) is 0 Å². The fourth-order valence-electron chi connectivity index (χ4n) is 1.02. The van der Waals surface area contributed by atoms with E-state index < -0.39 is 0 Å². The number of hydrogen-bond donors (Lipinski definition) is 1. The second kappa shape index (κ2) is 4.78. The summed E-state index contributed by atoms with van der Waals surface area (Å²) in [4.78, 5) is 1.47. The zero-order valence-corrected chi connectivity index (χ0v) is 9.20. The molecule has 0 aliphatic rings. The fraction of sp³-hybridized carbons (Fsp3) is 0.400. The predicted octanol–water partition coefficient (Wildman–Crippen LogP) is 3.44. The van der Waals surface area contributed by atoms with Crippen LogP contribution in [0.25, 0.3) is 0 Å². The molecule has 0 amide bonds. The molecule has 0 radical (unpaired) electrons. The van der Waals surface area contributed by atoms with Crippen molar-refractivity contribution in [1.29, 1.82) is 0 Å². The Morgan fingerprint density at radius 1 is 1.25 bits per heavy atom. The van der Waals surface area contributed by atoms with Gasteiger partial charge in [0.1, 0.15) is 0 Å². The average Bonchev–Trinajstić information content (AvgIpc) is 2.17. The predicted molar refractivity (Wildman–Crippen MR) is 59.7 cm³/mol. The molecule has 1 unspecified atom stereocenters. The van der Waals surface area contributed by atoms with Crippen LogP contribution in [0.3, 0.4) is 0 Å². The van der Waals surface area contributed by atoms with E-state index in [9.17, 15) is 0 Å². The quantitative estimate of drug-likeness (QED) is 0.564. The number of halogens is 1. The summed E-state index contributed by atoms with van der Waals surface area (Å²) in [6.45, 7) is 2.24. The molecule has 0 heterocycles. The number of hydrogen-bond acceptors (Lipinski definition) is 0. The number of alkyl halides is 1. The Bertz CT molecular complexity index is 230. The highest BCUT2D eigenvalue weighted by Gasteiger charge is 1.97. The van der Waals surface area contributed by atoms with Crippen molar-refractivity contribution in [3.8, 4) is 0 Å². The topological polar surface area (TPSA) is 0 Å². The zero-order chi connectivity index (χ0) is 8.97. The van der Waals surface area contributed by atoms with Crippen LogP contribution in [-0.4, -0.2) is 12.0 Å². The SMILES string of the molecule is CC[SH](C)c1ccc(CCl)cc1. The molecule has 1 aromatic carbocycles. The number of benzene rings is 1. The maximum absolute atomic E-state index is 5.70. The molecule has 0 saturated heterocycles. The van der Waals surface area contributed by atoms with Gasteiger partial charge in [-0.2, -0.15) is 0 Å². The van der Waals surface area contributed by atoms with Gasteiger partial charge in [-0.05, 0) is 22.5 Å². The molecule has 0 N–H and O–H groups in total. The molecule has 12 heavy (non-hydrogen) atoms. The summed E-state index contributed by atoms with van der Waals surface area (Å²) in [7, 11) is 0.0661. The lowest BCUT2D eigenvalue weighted by Crippen LogP contribution is -1.84. The van der Waals surface area contributed by atoms with Gasteiger partial charge in [0.05, 0.1) is 0 Å². The minimum absolute atomic E-state index is 0.0661. The Kier molecular flexibility index (Phi) is 3.96. The van der Waals surface area contributed by atoms with Gasteiger partial charge in [-0.15, -0.1) is 11.6 Å². The van der Waals surface area contributed by atoms with Crippen LogP contribution in [0.2, 0.25) is 0 Å². The van der Waals surface area contributed by atoms with Crippen molar-refractivity contribution in [3.05, 3.63) is 29.8 Å². The number of rotatable bonds is 3. The summed E-state index contributed by atoms with van der Waals surface area (Å²) < 4.78 is 0.